The van der Waals surface area contributed by atoms with E-state index in [0.717, 1.165) is 0 Å². The van der Waals surface area contributed by atoms with E-state index in [2.05, 4.69) is 4.99 Å². The third kappa shape index (κ3) is 1.52. The van der Waals surface area contributed by atoms with Crippen LogP contribution in [0.15, 0.2) is 23.2 Å². The molecule has 1 aliphatic rings. The van der Waals surface area contributed by atoms with Crippen molar-refractivity contribution >= 4 is 17.5 Å². The van der Waals surface area contributed by atoms with Crippen LogP contribution >= 0.6 is 11.6 Å². The summed E-state index contributed by atoms with van der Waals surface area (Å²) in [5.41, 5.74) is 0.338. The van der Waals surface area contributed by atoms with Crippen LogP contribution in [0.5, 0.6) is 0 Å². The summed E-state index contributed by atoms with van der Waals surface area (Å²) in [6, 6.07) is 4.77. The van der Waals surface area contributed by atoms with Gasteiger partial charge in [-0.3, -0.25) is 0 Å². The maximum absolute atomic E-state index is 13.4. The summed E-state index contributed by atoms with van der Waals surface area (Å²) in [5, 5.41) is 0.0932. The first-order valence-electron chi connectivity index (χ1n) is 3.90. The molecule has 0 atom stereocenters. The van der Waals surface area contributed by atoms with Crippen molar-refractivity contribution < 1.29 is 9.13 Å². The van der Waals surface area contributed by atoms with E-state index in [-0.39, 0.29) is 5.02 Å². The zero-order chi connectivity index (χ0) is 9.26. The van der Waals surface area contributed by atoms with E-state index in [9.17, 15) is 4.39 Å². The van der Waals surface area contributed by atoms with Gasteiger partial charge in [-0.1, -0.05) is 17.7 Å². The standard InChI is InChI=1S/C9H7ClFNO/c10-7-3-1-2-6(8(7)11)9-12-4-5-13-9/h1-3H,4-5H2. The van der Waals surface area contributed by atoms with Crippen LogP contribution in [0.2, 0.25) is 5.02 Å². The molecule has 1 heterocycles. The minimum Gasteiger partial charge on any atom is -0.475 e. The van der Waals surface area contributed by atoms with Gasteiger partial charge in [0.2, 0.25) is 5.90 Å². The van der Waals surface area contributed by atoms with Gasteiger partial charge in [0.15, 0.2) is 5.82 Å². The Hall–Kier alpha value is -1.09. The molecular formula is C9H7ClFNO. The molecule has 0 saturated heterocycles. The Morgan fingerprint density at radius 3 is 3.00 bits per heavy atom. The van der Waals surface area contributed by atoms with Crippen molar-refractivity contribution in [2.24, 2.45) is 4.99 Å². The predicted octanol–water partition coefficient (Wildman–Crippen LogP) is 2.26. The van der Waals surface area contributed by atoms with Gasteiger partial charge in [0.1, 0.15) is 6.61 Å². The van der Waals surface area contributed by atoms with Crippen LogP contribution in [0.3, 0.4) is 0 Å². The highest BCUT2D eigenvalue weighted by Crippen LogP contribution is 2.19. The molecule has 0 N–H and O–H groups in total. The smallest absolute Gasteiger partial charge is 0.219 e. The van der Waals surface area contributed by atoms with Crippen LogP contribution < -0.4 is 0 Å². The fourth-order valence-corrected chi connectivity index (χ4v) is 1.34. The second-order valence-corrected chi connectivity index (χ2v) is 3.04. The van der Waals surface area contributed by atoms with Crippen molar-refractivity contribution in [3.63, 3.8) is 0 Å². The van der Waals surface area contributed by atoms with E-state index in [1.165, 1.54) is 6.07 Å². The number of benzene rings is 1. The fourth-order valence-electron chi connectivity index (χ4n) is 1.17. The predicted molar refractivity (Wildman–Crippen MR) is 48.8 cm³/mol. The largest absolute Gasteiger partial charge is 0.475 e. The molecule has 0 bridgehead atoms. The monoisotopic (exact) mass is 199 g/mol. The van der Waals surface area contributed by atoms with Gasteiger partial charge in [-0.15, -0.1) is 0 Å². The van der Waals surface area contributed by atoms with Crippen LogP contribution in [0.1, 0.15) is 5.56 Å². The van der Waals surface area contributed by atoms with E-state index in [1.807, 2.05) is 0 Å². The number of aliphatic imine (C=N–C) groups is 1. The Kier molecular flexibility index (Phi) is 2.19. The SMILES string of the molecule is Fc1c(Cl)cccc1C1=NCCO1. The number of hydrogen-bond acceptors (Lipinski definition) is 2. The van der Waals surface area contributed by atoms with Crippen LogP contribution in [-0.4, -0.2) is 19.0 Å². The first-order valence-corrected chi connectivity index (χ1v) is 4.28. The van der Waals surface area contributed by atoms with Crippen molar-refractivity contribution in [2.75, 3.05) is 13.2 Å². The second kappa shape index (κ2) is 3.34. The molecule has 0 aliphatic carbocycles. The van der Waals surface area contributed by atoms with Gasteiger partial charge in [0.05, 0.1) is 17.1 Å². The lowest BCUT2D eigenvalue weighted by atomic mass is 10.2. The van der Waals surface area contributed by atoms with Crippen molar-refractivity contribution in [1.29, 1.82) is 0 Å². The third-order valence-corrected chi connectivity index (χ3v) is 2.06. The molecule has 0 amide bonds. The molecule has 1 aromatic carbocycles. The van der Waals surface area contributed by atoms with Crippen LogP contribution in [0.25, 0.3) is 0 Å². The van der Waals surface area contributed by atoms with E-state index in [1.54, 1.807) is 12.1 Å². The molecule has 1 aromatic rings. The van der Waals surface area contributed by atoms with Crippen LogP contribution in [-0.2, 0) is 4.74 Å². The third-order valence-electron chi connectivity index (χ3n) is 1.77. The summed E-state index contributed by atoms with van der Waals surface area (Å²) in [7, 11) is 0. The van der Waals surface area contributed by atoms with Gasteiger partial charge in [-0.05, 0) is 12.1 Å². The van der Waals surface area contributed by atoms with E-state index >= 15 is 0 Å². The average molecular weight is 200 g/mol. The summed E-state index contributed by atoms with van der Waals surface area (Å²) >= 11 is 5.61. The Morgan fingerprint density at radius 1 is 1.46 bits per heavy atom. The quantitative estimate of drug-likeness (QED) is 0.680. The number of rotatable bonds is 1. The highest BCUT2D eigenvalue weighted by molar-refractivity contribution is 6.31. The van der Waals surface area contributed by atoms with E-state index < -0.39 is 5.82 Å². The van der Waals surface area contributed by atoms with Gasteiger partial charge in [-0.2, -0.15) is 0 Å². The maximum Gasteiger partial charge on any atom is 0.219 e. The van der Waals surface area contributed by atoms with Gasteiger partial charge >= 0.3 is 0 Å². The lowest BCUT2D eigenvalue weighted by molar-refractivity contribution is 0.347. The normalized spacial score (nSPS) is 15.4. The Labute approximate surface area is 80.0 Å². The topological polar surface area (TPSA) is 21.6 Å². The molecule has 0 spiro atoms. The molecule has 0 saturated carbocycles. The molecule has 2 nitrogen and oxygen atoms in total. The highest BCUT2D eigenvalue weighted by Gasteiger charge is 2.16. The molecule has 4 heteroatoms. The fraction of sp³-hybridized carbons (Fsp3) is 0.222. The average Bonchev–Trinajstić information content (AvgIpc) is 2.62. The zero-order valence-corrected chi connectivity index (χ0v) is 7.51. The molecule has 68 valence electrons. The second-order valence-electron chi connectivity index (χ2n) is 2.64. The molecule has 1 aliphatic heterocycles. The van der Waals surface area contributed by atoms with Crippen molar-refractivity contribution in [1.82, 2.24) is 0 Å². The first-order chi connectivity index (χ1) is 6.29. The Morgan fingerprint density at radius 2 is 2.31 bits per heavy atom. The summed E-state index contributed by atoms with van der Waals surface area (Å²) < 4.78 is 18.5. The highest BCUT2D eigenvalue weighted by atomic mass is 35.5. The zero-order valence-electron chi connectivity index (χ0n) is 6.76. The molecule has 0 radical (unpaired) electrons. The lowest BCUT2D eigenvalue weighted by Crippen LogP contribution is -2.04. The number of halogens is 2. The molecule has 0 unspecified atom stereocenters. The van der Waals surface area contributed by atoms with Gasteiger partial charge in [0.25, 0.3) is 0 Å². The van der Waals surface area contributed by atoms with Gasteiger partial charge in [-0.25, -0.2) is 9.38 Å². The molecule has 13 heavy (non-hydrogen) atoms. The minimum atomic E-state index is -0.468. The molecule has 0 aromatic heterocycles. The maximum atomic E-state index is 13.4. The minimum absolute atomic E-state index is 0.0932. The molecular weight excluding hydrogens is 193 g/mol. The number of hydrogen-bond donors (Lipinski definition) is 0. The Bertz CT molecular complexity index is 365. The van der Waals surface area contributed by atoms with Crippen molar-refractivity contribution in [2.45, 2.75) is 0 Å². The first kappa shape index (κ1) is 8.51. The van der Waals surface area contributed by atoms with Gasteiger partial charge < -0.3 is 4.74 Å². The van der Waals surface area contributed by atoms with E-state index in [0.29, 0.717) is 24.6 Å². The lowest BCUT2D eigenvalue weighted by Gasteiger charge is -2.03. The summed E-state index contributed by atoms with van der Waals surface area (Å²) in [4.78, 5) is 4.00. The van der Waals surface area contributed by atoms with Crippen LogP contribution in [0, 0.1) is 5.82 Å². The van der Waals surface area contributed by atoms with Gasteiger partial charge in [0, 0.05) is 0 Å². The number of ether oxygens (including phenoxy) is 1. The van der Waals surface area contributed by atoms with Crippen molar-refractivity contribution in [3.05, 3.63) is 34.6 Å². The van der Waals surface area contributed by atoms with Crippen molar-refractivity contribution in [3.8, 4) is 0 Å². The summed E-state index contributed by atoms with van der Waals surface area (Å²) in [6.45, 7) is 1.10. The van der Waals surface area contributed by atoms with Crippen LogP contribution in [0.4, 0.5) is 4.39 Å². The molecule has 2 rings (SSSR count). The number of nitrogens with zero attached hydrogens (tertiary/aromatic N) is 1. The van der Waals surface area contributed by atoms with E-state index in [4.69, 9.17) is 16.3 Å². The summed E-state index contributed by atoms with van der Waals surface area (Å²) in [6.07, 6.45) is 0. The molecule has 0 fully saturated rings. The summed E-state index contributed by atoms with van der Waals surface area (Å²) in [5.74, 6) is -0.121. The Balaban J connectivity index is 2.45.